The number of carboxylic acid groups (broad SMARTS) is 1. The fourth-order valence-electron chi connectivity index (χ4n) is 1.24. The molecular weight excluding hydrogens is 252 g/mol. The van der Waals surface area contributed by atoms with Gasteiger partial charge in [-0.1, -0.05) is 11.8 Å². The quantitative estimate of drug-likeness (QED) is 0.475. The van der Waals surface area contributed by atoms with Crippen LogP contribution in [0.3, 0.4) is 0 Å². The molecule has 0 aliphatic heterocycles. The molecule has 0 aromatic heterocycles. The largest absolute Gasteiger partial charge is 0.478 e. The fraction of sp³-hybridized carbons (Fsp3) is 0.167. The molecule has 98 valence electrons. The molecule has 19 heavy (non-hydrogen) atoms. The van der Waals surface area contributed by atoms with E-state index in [-0.39, 0.29) is 29.3 Å². The number of nitrogens with one attached hydrogen (secondary N) is 1. The number of carboxylic acids is 1. The molecular formula is C12H10N2O5. The van der Waals surface area contributed by atoms with E-state index in [1.807, 2.05) is 0 Å². The number of benzene rings is 1. The highest BCUT2D eigenvalue weighted by atomic mass is 16.6. The number of amides is 1. The summed E-state index contributed by atoms with van der Waals surface area (Å²) >= 11 is 0. The van der Waals surface area contributed by atoms with Gasteiger partial charge in [-0.25, -0.2) is 4.79 Å². The zero-order chi connectivity index (χ0) is 14.4. The van der Waals surface area contributed by atoms with E-state index in [2.05, 4.69) is 17.2 Å². The smallest absolute Gasteiger partial charge is 0.336 e. The van der Waals surface area contributed by atoms with E-state index >= 15 is 0 Å². The second-order valence-electron chi connectivity index (χ2n) is 3.50. The molecule has 7 nitrogen and oxygen atoms in total. The predicted octanol–water partition coefficient (Wildman–Crippen LogP) is 0.781. The summed E-state index contributed by atoms with van der Waals surface area (Å²) < 4.78 is 0. The third-order valence-corrected chi connectivity index (χ3v) is 2.09. The Labute approximate surface area is 108 Å². The van der Waals surface area contributed by atoms with Crippen LogP contribution in [-0.2, 0) is 4.79 Å². The van der Waals surface area contributed by atoms with E-state index in [0.29, 0.717) is 0 Å². The molecule has 0 aliphatic rings. The topological polar surface area (TPSA) is 110 Å². The van der Waals surface area contributed by atoms with Gasteiger partial charge in [0.25, 0.3) is 5.69 Å². The number of nitro groups is 1. The zero-order valence-electron chi connectivity index (χ0n) is 9.97. The molecule has 0 spiro atoms. The van der Waals surface area contributed by atoms with Crippen LogP contribution in [-0.4, -0.2) is 28.5 Å². The van der Waals surface area contributed by atoms with Gasteiger partial charge in [-0.05, 0) is 6.07 Å². The minimum Gasteiger partial charge on any atom is -0.478 e. The minimum absolute atomic E-state index is 0.0343. The summed E-state index contributed by atoms with van der Waals surface area (Å²) in [4.78, 5) is 31.5. The Kier molecular flexibility index (Phi) is 4.60. The molecule has 1 amide bonds. The van der Waals surface area contributed by atoms with Gasteiger partial charge >= 0.3 is 5.97 Å². The van der Waals surface area contributed by atoms with Crippen LogP contribution in [0.4, 0.5) is 5.69 Å². The Bertz CT molecular complexity index is 598. The lowest BCUT2D eigenvalue weighted by Crippen LogP contribution is -2.19. The molecule has 0 saturated heterocycles. The van der Waals surface area contributed by atoms with Crippen LogP contribution in [0.15, 0.2) is 18.2 Å². The van der Waals surface area contributed by atoms with Crippen LogP contribution < -0.4 is 5.32 Å². The SMILES string of the molecule is CC(=O)NCC#Cc1cc([N+](=O)[O-])ccc1C(=O)O. The summed E-state index contributed by atoms with van der Waals surface area (Å²) in [6.07, 6.45) is 0. The van der Waals surface area contributed by atoms with Crippen molar-refractivity contribution in [1.29, 1.82) is 0 Å². The molecule has 0 unspecified atom stereocenters. The number of hydrogen-bond acceptors (Lipinski definition) is 4. The van der Waals surface area contributed by atoms with Crippen LogP contribution in [0, 0.1) is 22.0 Å². The normalized spacial score (nSPS) is 9.11. The Morgan fingerprint density at radius 3 is 2.68 bits per heavy atom. The second kappa shape index (κ2) is 6.16. The van der Waals surface area contributed by atoms with Crippen molar-refractivity contribution in [1.82, 2.24) is 5.32 Å². The van der Waals surface area contributed by atoms with E-state index in [1.54, 1.807) is 0 Å². The first kappa shape index (κ1) is 14.2. The number of rotatable bonds is 3. The molecule has 0 atom stereocenters. The summed E-state index contributed by atoms with van der Waals surface area (Å²) in [6, 6.07) is 3.32. The Morgan fingerprint density at radius 2 is 2.16 bits per heavy atom. The van der Waals surface area contributed by atoms with Crippen molar-refractivity contribution in [2.45, 2.75) is 6.92 Å². The number of carbonyl (C=O) groups is 2. The van der Waals surface area contributed by atoms with Gasteiger partial charge in [0.15, 0.2) is 0 Å². The molecule has 0 heterocycles. The maximum Gasteiger partial charge on any atom is 0.336 e. The highest BCUT2D eigenvalue weighted by Gasteiger charge is 2.13. The summed E-state index contributed by atoms with van der Waals surface area (Å²) in [5.41, 5.74) is -0.332. The minimum atomic E-state index is -1.22. The molecule has 0 aliphatic carbocycles. The lowest BCUT2D eigenvalue weighted by Gasteiger charge is -1.99. The predicted molar refractivity (Wildman–Crippen MR) is 65.6 cm³/mol. The van der Waals surface area contributed by atoms with Crippen LogP contribution in [0.5, 0.6) is 0 Å². The molecule has 2 N–H and O–H groups in total. The first-order valence-corrected chi connectivity index (χ1v) is 5.17. The highest BCUT2D eigenvalue weighted by Crippen LogP contribution is 2.17. The lowest BCUT2D eigenvalue weighted by atomic mass is 10.1. The molecule has 0 radical (unpaired) electrons. The van der Waals surface area contributed by atoms with Crippen LogP contribution in [0.25, 0.3) is 0 Å². The monoisotopic (exact) mass is 262 g/mol. The van der Waals surface area contributed by atoms with E-state index in [4.69, 9.17) is 5.11 Å². The van der Waals surface area contributed by atoms with Crippen LogP contribution >= 0.6 is 0 Å². The molecule has 0 saturated carbocycles. The standard InChI is InChI=1S/C12H10N2O5/c1-8(15)13-6-2-3-9-7-10(14(18)19)4-5-11(9)12(16)17/h4-5,7H,6H2,1H3,(H,13,15)(H,16,17). The maximum absolute atomic E-state index is 10.9. The summed E-state index contributed by atoms with van der Waals surface area (Å²) in [5.74, 6) is 3.53. The number of nitro benzene ring substituents is 1. The molecule has 0 bridgehead atoms. The number of nitrogens with zero attached hydrogens (tertiary/aromatic N) is 1. The number of non-ortho nitro benzene ring substituents is 1. The molecule has 1 aromatic carbocycles. The Hall–Kier alpha value is -2.88. The van der Waals surface area contributed by atoms with Crippen molar-refractivity contribution in [3.05, 3.63) is 39.4 Å². The van der Waals surface area contributed by atoms with Crippen molar-refractivity contribution in [2.24, 2.45) is 0 Å². The molecule has 1 aromatic rings. The first-order valence-electron chi connectivity index (χ1n) is 5.17. The summed E-state index contributed by atoms with van der Waals surface area (Å²) in [5, 5.41) is 21.9. The summed E-state index contributed by atoms with van der Waals surface area (Å²) in [6.45, 7) is 1.36. The van der Waals surface area contributed by atoms with Crippen molar-refractivity contribution in [3.63, 3.8) is 0 Å². The van der Waals surface area contributed by atoms with Gasteiger partial charge < -0.3 is 10.4 Å². The van der Waals surface area contributed by atoms with E-state index < -0.39 is 10.9 Å². The third kappa shape index (κ3) is 4.12. The average Bonchev–Trinajstić information content (AvgIpc) is 2.33. The molecule has 1 rings (SSSR count). The fourth-order valence-corrected chi connectivity index (χ4v) is 1.24. The third-order valence-electron chi connectivity index (χ3n) is 2.09. The zero-order valence-corrected chi connectivity index (χ0v) is 9.97. The van der Waals surface area contributed by atoms with Gasteiger partial charge in [-0.15, -0.1) is 0 Å². The maximum atomic E-state index is 10.9. The van der Waals surface area contributed by atoms with Crippen molar-refractivity contribution >= 4 is 17.6 Å². The van der Waals surface area contributed by atoms with E-state index in [1.165, 1.54) is 6.92 Å². The van der Waals surface area contributed by atoms with Gasteiger partial charge in [0.2, 0.25) is 5.91 Å². The van der Waals surface area contributed by atoms with Crippen molar-refractivity contribution in [2.75, 3.05) is 6.54 Å². The number of hydrogen-bond donors (Lipinski definition) is 2. The van der Waals surface area contributed by atoms with E-state index in [9.17, 15) is 19.7 Å². The van der Waals surface area contributed by atoms with Gasteiger partial charge in [-0.3, -0.25) is 14.9 Å². The lowest BCUT2D eigenvalue weighted by molar-refractivity contribution is -0.384. The van der Waals surface area contributed by atoms with Gasteiger partial charge in [0.05, 0.1) is 17.0 Å². The summed E-state index contributed by atoms with van der Waals surface area (Å²) in [7, 11) is 0. The average molecular weight is 262 g/mol. The number of aromatic carboxylic acids is 1. The van der Waals surface area contributed by atoms with E-state index in [0.717, 1.165) is 18.2 Å². The Balaban J connectivity index is 3.07. The molecule has 7 heteroatoms. The number of carbonyl (C=O) groups excluding carboxylic acids is 1. The van der Waals surface area contributed by atoms with Gasteiger partial charge in [0, 0.05) is 24.6 Å². The van der Waals surface area contributed by atoms with Crippen molar-refractivity contribution in [3.8, 4) is 11.8 Å². The highest BCUT2D eigenvalue weighted by molar-refractivity contribution is 5.91. The van der Waals surface area contributed by atoms with Crippen LogP contribution in [0.1, 0.15) is 22.8 Å². The van der Waals surface area contributed by atoms with Crippen LogP contribution in [0.2, 0.25) is 0 Å². The van der Waals surface area contributed by atoms with Gasteiger partial charge in [-0.2, -0.15) is 0 Å². The molecule has 0 fully saturated rings. The van der Waals surface area contributed by atoms with Crippen molar-refractivity contribution < 1.29 is 19.6 Å². The second-order valence-corrected chi connectivity index (χ2v) is 3.50. The first-order chi connectivity index (χ1) is 8.91. The van der Waals surface area contributed by atoms with Gasteiger partial charge in [0.1, 0.15) is 0 Å². The Morgan fingerprint density at radius 1 is 1.47 bits per heavy atom.